The van der Waals surface area contributed by atoms with Crippen LogP contribution in [0, 0.1) is 0 Å². The highest BCUT2D eigenvalue weighted by molar-refractivity contribution is 9.10. The average molecular weight is 570 g/mol. The van der Waals surface area contributed by atoms with Gasteiger partial charge in [0.05, 0.1) is 30.1 Å². The fourth-order valence-corrected chi connectivity index (χ4v) is 5.22. The van der Waals surface area contributed by atoms with Crippen LogP contribution in [0.4, 0.5) is 5.95 Å². The van der Waals surface area contributed by atoms with Crippen LogP contribution in [0.2, 0.25) is 5.02 Å². The molecule has 0 N–H and O–H groups in total. The minimum absolute atomic E-state index is 0.0667. The standard InChI is InChI=1S/C30H22BrClN4O/c1-37-24-13-10-19(11-14-24)27-18-28(21-8-5-9-22(31)16-21)36(35-27)30-33-26-15-12-23(32)17-25(26)29(34-30)20-6-3-2-4-7-20/h2-17,28H,18H2,1H3/t28-/m0/s1. The van der Waals surface area contributed by atoms with Crippen LogP contribution in [0.1, 0.15) is 23.6 Å². The third-order valence-corrected chi connectivity index (χ3v) is 7.19. The van der Waals surface area contributed by atoms with Crippen molar-refractivity contribution in [2.24, 2.45) is 5.10 Å². The third kappa shape index (κ3) is 4.70. The molecular formula is C30H22BrClN4O. The molecule has 182 valence electrons. The summed E-state index contributed by atoms with van der Waals surface area (Å²) in [6.45, 7) is 0. The molecule has 1 aliphatic rings. The van der Waals surface area contributed by atoms with Crippen LogP contribution in [-0.4, -0.2) is 22.8 Å². The lowest BCUT2D eigenvalue weighted by Crippen LogP contribution is -2.21. The molecule has 7 heteroatoms. The summed E-state index contributed by atoms with van der Waals surface area (Å²) in [6.07, 6.45) is 0.714. The molecule has 37 heavy (non-hydrogen) atoms. The van der Waals surface area contributed by atoms with E-state index in [0.29, 0.717) is 17.4 Å². The molecule has 5 nitrogen and oxygen atoms in total. The van der Waals surface area contributed by atoms with Gasteiger partial charge in [-0.3, -0.25) is 0 Å². The van der Waals surface area contributed by atoms with E-state index in [2.05, 4.69) is 28.1 Å². The summed E-state index contributed by atoms with van der Waals surface area (Å²) in [7, 11) is 1.67. The van der Waals surface area contributed by atoms with E-state index in [1.807, 2.05) is 89.9 Å². The number of rotatable bonds is 5. The van der Waals surface area contributed by atoms with Crippen molar-refractivity contribution in [3.05, 3.63) is 118 Å². The minimum atomic E-state index is -0.0667. The van der Waals surface area contributed by atoms with Crippen LogP contribution in [-0.2, 0) is 0 Å². The Balaban J connectivity index is 1.52. The number of ether oxygens (including phenoxy) is 1. The molecule has 0 fully saturated rings. The fraction of sp³-hybridized carbons (Fsp3) is 0.100. The second-order valence-electron chi connectivity index (χ2n) is 8.79. The monoisotopic (exact) mass is 568 g/mol. The second-order valence-corrected chi connectivity index (χ2v) is 10.1. The molecule has 4 aromatic carbocycles. The maximum atomic E-state index is 6.37. The maximum absolute atomic E-state index is 6.37. The van der Waals surface area contributed by atoms with Gasteiger partial charge in [0.2, 0.25) is 5.95 Å². The molecule has 0 radical (unpaired) electrons. The number of methoxy groups -OCH3 is 1. The minimum Gasteiger partial charge on any atom is -0.497 e. The van der Waals surface area contributed by atoms with Gasteiger partial charge >= 0.3 is 0 Å². The highest BCUT2D eigenvalue weighted by atomic mass is 79.9. The maximum Gasteiger partial charge on any atom is 0.247 e. The predicted molar refractivity (Wildman–Crippen MR) is 153 cm³/mol. The molecule has 2 heterocycles. The van der Waals surface area contributed by atoms with Crippen molar-refractivity contribution < 1.29 is 4.74 Å². The predicted octanol–water partition coefficient (Wildman–Crippen LogP) is 8.08. The highest BCUT2D eigenvalue weighted by Gasteiger charge is 2.32. The summed E-state index contributed by atoms with van der Waals surface area (Å²) in [5, 5.41) is 8.57. The summed E-state index contributed by atoms with van der Waals surface area (Å²) in [4.78, 5) is 10.0. The lowest BCUT2D eigenvalue weighted by Gasteiger charge is -2.23. The molecule has 0 saturated carbocycles. The van der Waals surface area contributed by atoms with E-state index in [4.69, 9.17) is 31.4 Å². The second kappa shape index (κ2) is 9.96. The Labute approximate surface area is 228 Å². The number of hydrogen-bond acceptors (Lipinski definition) is 5. The topological polar surface area (TPSA) is 50.6 Å². The normalized spacial score (nSPS) is 15.2. The molecule has 1 aromatic heterocycles. The summed E-state index contributed by atoms with van der Waals surface area (Å²) in [5.41, 5.74) is 5.77. The van der Waals surface area contributed by atoms with Crippen molar-refractivity contribution in [1.29, 1.82) is 0 Å². The van der Waals surface area contributed by atoms with Crippen molar-refractivity contribution in [3.63, 3.8) is 0 Å². The number of aromatic nitrogens is 2. The first-order chi connectivity index (χ1) is 18.1. The third-order valence-electron chi connectivity index (χ3n) is 6.47. The molecule has 0 saturated heterocycles. The van der Waals surface area contributed by atoms with E-state index >= 15 is 0 Å². The SMILES string of the molecule is COc1ccc(C2=NN(c3nc(-c4ccccc4)c4cc(Cl)ccc4n3)[C@H](c3cccc(Br)c3)C2)cc1. The van der Waals surface area contributed by atoms with E-state index in [9.17, 15) is 0 Å². The number of fused-ring (bicyclic) bond motifs is 1. The first-order valence-electron chi connectivity index (χ1n) is 11.9. The lowest BCUT2D eigenvalue weighted by molar-refractivity contribution is 0.415. The zero-order valence-electron chi connectivity index (χ0n) is 20.0. The summed E-state index contributed by atoms with van der Waals surface area (Å²) in [6, 6.07) is 32.1. The number of hydrogen-bond donors (Lipinski definition) is 0. The summed E-state index contributed by atoms with van der Waals surface area (Å²) < 4.78 is 6.36. The van der Waals surface area contributed by atoms with Gasteiger partial charge in [-0.25, -0.2) is 15.0 Å². The van der Waals surface area contributed by atoms with Crippen LogP contribution in [0.5, 0.6) is 5.75 Å². The Bertz CT molecular complexity index is 1620. The van der Waals surface area contributed by atoms with Crippen molar-refractivity contribution in [2.75, 3.05) is 12.1 Å². The number of anilines is 1. The fourth-order valence-electron chi connectivity index (χ4n) is 4.63. The van der Waals surface area contributed by atoms with Gasteiger partial charge in [-0.2, -0.15) is 5.10 Å². The van der Waals surface area contributed by atoms with Gasteiger partial charge in [0.15, 0.2) is 0 Å². The van der Waals surface area contributed by atoms with Gasteiger partial charge < -0.3 is 4.74 Å². The Hall–Kier alpha value is -3.74. The van der Waals surface area contributed by atoms with Crippen LogP contribution in [0.3, 0.4) is 0 Å². The smallest absolute Gasteiger partial charge is 0.247 e. The van der Waals surface area contributed by atoms with Crippen molar-refractivity contribution in [2.45, 2.75) is 12.5 Å². The van der Waals surface area contributed by atoms with Gasteiger partial charge in [-0.05, 0) is 65.7 Å². The van der Waals surface area contributed by atoms with Crippen molar-refractivity contribution >= 4 is 50.1 Å². The van der Waals surface area contributed by atoms with E-state index in [0.717, 1.165) is 49.2 Å². The highest BCUT2D eigenvalue weighted by Crippen LogP contribution is 2.38. The van der Waals surface area contributed by atoms with E-state index < -0.39 is 0 Å². The van der Waals surface area contributed by atoms with Gasteiger partial charge in [0.1, 0.15) is 5.75 Å². The quantitative estimate of drug-likeness (QED) is 0.215. The van der Waals surface area contributed by atoms with Gasteiger partial charge in [-0.1, -0.05) is 70.0 Å². The molecule has 6 rings (SSSR count). The number of benzene rings is 4. The van der Waals surface area contributed by atoms with Gasteiger partial charge in [0, 0.05) is 26.9 Å². The zero-order valence-corrected chi connectivity index (χ0v) is 22.3. The largest absolute Gasteiger partial charge is 0.497 e. The Morgan fingerprint density at radius 1 is 0.865 bits per heavy atom. The van der Waals surface area contributed by atoms with E-state index in [1.54, 1.807) is 7.11 Å². The van der Waals surface area contributed by atoms with Crippen LogP contribution in [0.25, 0.3) is 22.2 Å². The van der Waals surface area contributed by atoms with Crippen LogP contribution < -0.4 is 9.75 Å². The van der Waals surface area contributed by atoms with E-state index in [-0.39, 0.29) is 6.04 Å². The molecular weight excluding hydrogens is 548 g/mol. The van der Waals surface area contributed by atoms with Crippen molar-refractivity contribution in [1.82, 2.24) is 9.97 Å². The molecule has 0 spiro atoms. The molecule has 0 aliphatic carbocycles. The summed E-state index contributed by atoms with van der Waals surface area (Å²) >= 11 is 10.00. The first kappa shape index (κ1) is 23.6. The van der Waals surface area contributed by atoms with Gasteiger partial charge in [0.25, 0.3) is 0 Å². The number of nitrogens with zero attached hydrogens (tertiary/aromatic N) is 4. The number of halogens is 2. The molecule has 1 aliphatic heterocycles. The Morgan fingerprint density at radius 3 is 2.43 bits per heavy atom. The Morgan fingerprint density at radius 2 is 1.68 bits per heavy atom. The molecule has 1 atom stereocenters. The zero-order chi connectivity index (χ0) is 25.4. The molecule has 5 aromatic rings. The van der Waals surface area contributed by atoms with Crippen molar-refractivity contribution in [3.8, 4) is 17.0 Å². The molecule has 0 amide bonds. The Kier molecular flexibility index (Phi) is 6.37. The van der Waals surface area contributed by atoms with Gasteiger partial charge in [-0.15, -0.1) is 0 Å². The summed E-state index contributed by atoms with van der Waals surface area (Å²) in [5.74, 6) is 1.36. The number of hydrazone groups is 1. The molecule has 0 unspecified atom stereocenters. The van der Waals surface area contributed by atoms with E-state index in [1.165, 1.54) is 0 Å². The molecule has 0 bridgehead atoms. The van der Waals surface area contributed by atoms with Crippen LogP contribution >= 0.6 is 27.5 Å². The lowest BCUT2D eigenvalue weighted by atomic mass is 9.98. The average Bonchev–Trinajstić information content (AvgIpc) is 3.39. The first-order valence-corrected chi connectivity index (χ1v) is 13.1. The van der Waals surface area contributed by atoms with Crippen LogP contribution in [0.15, 0.2) is 107 Å².